The van der Waals surface area contributed by atoms with Gasteiger partial charge in [-0.05, 0) is 37.3 Å². The first-order chi connectivity index (χ1) is 8.23. The van der Waals surface area contributed by atoms with Crippen LogP contribution in [0.1, 0.15) is 40.5 Å². The third kappa shape index (κ3) is 2.95. The normalized spacial score (nSPS) is 35.8. The first kappa shape index (κ1) is 15.2. The molecule has 3 atom stereocenters. The van der Waals surface area contributed by atoms with Gasteiger partial charge >= 0.3 is 0 Å². The summed E-state index contributed by atoms with van der Waals surface area (Å²) in [6.07, 6.45) is 2.36. The van der Waals surface area contributed by atoms with Gasteiger partial charge in [0, 0.05) is 5.41 Å². The van der Waals surface area contributed by atoms with Crippen LogP contribution in [-0.2, 0) is 0 Å². The molecule has 1 fully saturated rings. The Hall–Kier alpha value is -0.820. The molecular formula is C15H24O3. The molecule has 0 radical (unpaired) electrons. The fourth-order valence-corrected chi connectivity index (χ4v) is 2.75. The Labute approximate surface area is 110 Å². The number of hydrogen-bond acceptors (Lipinski definition) is 3. The molecule has 3 nitrogen and oxygen atoms in total. The molecule has 3 N–H and O–H groups in total. The molecule has 0 heterocycles. The minimum absolute atomic E-state index is 0.0450. The van der Waals surface area contributed by atoms with Crippen LogP contribution in [0.25, 0.3) is 0 Å². The molecule has 1 rings (SSSR count). The zero-order valence-corrected chi connectivity index (χ0v) is 11.7. The maximum Gasteiger partial charge on any atom is 0.133 e. The molecule has 0 spiro atoms. The fraction of sp³-hybridized carbons (Fsp3) is 0.733. The maximum absolute atomic E-state index is 10.8. The zero-order valence-electron chi connectivity index (χ0n) is 11.7. The van der Waals surface area contributed by atoms with E-state index >= 15 is 0 Å². The lowest BCUT2D eigenvalue weighted by Crippen LogP contribution is -2.54. The van der Waals surface area contributed by atoms with Crippen LogP contribution in [0, 0.1) is 23.2 Å². The van der Waals surface area contributed by atoms with E-state index in [4.69, 9.17) is 5.11 Å². The molecule has 0 unspecified atom stereocenters. The molecule has 0 bridgehead atoms. The minimum atomic E-state index is -1.10. The molecule has 102 valence electrons. The molecule has 1 aliphatic rings. The standard InChI is InChI=1S/C15H24O3/c1-11(6-8-16)5-7-15(18)12(2)9-13(17)10-14(15,3)4/h6,12-13,16-18H,8-10H2,1-4H3/b11-6+/t12-,13-,15+/m1/s1. The Bertz CT molecular complexity index is 386. The summed E-state index contributed by atoms with van der Waals surface area (Å²) < 4.78 is 0. The number of hydrogen-bond donors (Lipinski definition) is 3. The van der Waals surface area contributed by atoms with Crippen LogP contribution in [0.5, 0.6) is 0 Å². The SMILES string of the molecule is C/C(C#C[C@]1(O)[C@H](C)C[C@@H](O)CC1(C)C)=C\CO. The number of aliphatic hydroxyl groups excluding tert-OH is 2. The Morgan fingerprint density at radius 1 is 1.44 bits per heavy atom. The highest BCUT2D eigenvalue weighted by atomic mass is 16.3. The Kier molecular flexibility index (Phi) is 4.61. The van der Waals surface area contributed by atoms with Gasteiger partial charge in [-0.3, -0.25) is 0 Å². The number of aliphatic hydroxyl groups is 3. The largest absolute Gasteiger partial charge is 0.393 e. The van der Waals surface area contributed by atoms with Gasteiger partial charge in [-0.25, -0.2) is 0 Å². The van der Waals surface area contributed by atoms with Crippen LogP contribution in [0.4, 0.5) is 0 Å². The summed E-state index contributed by atoms with van der Waals surface area (Å²) >= 11 is 0. The summed E-state index contributed by atoms with van der Waals surface area (Å²) in [5.41, 5.74) is -0.798. The highest BCUT2D eigenvalue weighted by Gasteiger charge is 2.51. The van der Waals surface area contributed by atoms with Gasteiger partial charge in [0.05, 0.1) is 12.7 Å². The van der Waals surface area contributed by atoms with Gasteiger partial charge in [0.1, 0.15) is 5.60 Å². The van der Waals surface area contributed by atoms with Crippen molar-refractivity contribution in [2.75, 3.05) is 6.61 Å². The third-order valence-corrected chi connectivity index (χ3v) is 3.96. The van der Waals surface area contributed by atoms with Crippen LogP contribution < -0.4 is 0 Å². The van der Waals surface area contributed by atoms with Crippen molar-refractivity contribution in [2.45, 2.75) is 52.2 Å². The fourth-order valence-electron chi connectivity index (χ4n) is 2.75. The highest BCUT2D eigenvalue weighted by molar-refractivity contribution is 5.33. The first-order valence-electron chi connectivity index (χ1n) is 6.44. The lowest BCUT2D eigenvalue weighted by atomic mass is 9.60. The molecule has 0 aromatic carbocycles. The summed E-state index contributed by atoms with van der Waals surface area (Å²) in [6, 6.07) is 0. The van der Waals surface area contributed by atoms with E-state index in [-0.39, 0.29) is 18.6 Å². The molecule has 0 aromatic rings. The second kappa shape index (κ2) is 5.44. The molecule has 0 aliphatic heterocycles. The number of rotatable bonds is 1. The van der Waals surface area contributed by atoms with Crippen molar-refractivity contribution in [1.82, 2.24) is 0 Å². The van der Waals surface area contributed by atoms with E-state index in [1.165, 1.54) is 0 Å². The lowest BCUT2D eigenvalue weighted by Gasteiger charge is -2.48. The average Bonchev–Trinajstić information content (AvgIpc) is 2.23. The van der Waals surface area contributed by atoms with Crippen molar-refractivity contribution in [3.63, 3.8) is 0 Å². The van der Waals surface area contributed by atoms with E-state index in [0.717, 1.165) is 5.57 Å². The van der Waals surface area contributed by atoms with Crippen LogP contribution in [0.2, 0.25) is 0 Å². The second-order valence-electron chi connectivity index (χ2n) is 5.96. The topological polar surface area (TPSA) is 60.7 Å². The zero-order chi connectivity index (χ0) is 14.0. The van der Waals surface area contributed by atoms with Crippen LogP contribution in [0.15, 0.2) is 11.6 Å². The van der Waals surface area contributed by atoms with Crippen LogP contribution in [0.3, 0.4) is 0 Å². The number of allylic oxidation sites excluding steroid dienone is 1. The van der Waals surface area contributed by atoms with E-state index in [1.807, 2.05) is 27.7 Å². The smallest absolute Gasteiger partial charge is 0.133 e. The lowest BCUT2D eigenvalue weighted by molar-refractivity contribution is -0.121. The van der Waals surface area contributed by atoms with Crippen LogP contribution >= 0.6 is 0 Å². The summed E-state index contributed by atoms with van der Waals surface area (Å²) in [7, 11) is 0. The molecule has 1 aliphatic carbocycles. The molecule has 0 saturated heterocycles. The maximum atomic E-state index is 10.8. The summed E-state index contributed by atoms with van der Waals surface area (Å²) in [5, 5.41) is 29.4. The van der Waals surface area contributed by atoms with Crippen molar-refractivity contribution >= 4 is 0 Å². The van der Waals surface area contributed by atoms with E-state index in [2.05, 4.69) is 11.8 Å². The van der Waals surface area contributed by atoms with Crippen molar-refractivity contribution in [2.24, 2.45) is 11.3 Å². The van der Waals surface area contributed by atoms with Gasteiger partial charge in [-0.2, -0.15) is 0 Å². The van der Waals surface area contributed by atoms with Gasteiger partial charge in [0.15, 0.2) is 0 Å². The Morgan fingerprint density at radius 3 is 2.56 bits per heavy atom. The molecule has 18 heavy (non-hydrogen) atoms. The third-order valence-electron chi connectivity index (χ3n) is 3.96. The predicted octanol–water partition coefficient (Wildman–Crippen LogP) is 1.48. The quantitative estimate of drug-likeness (QED) is 0.619. The van der Waals surface area contributed by atoms with Crippen LogP contribution in [-0.4, -0.2) is 33.6 Å². The van der Waals surface area contributed by atoms with Crippen molar-refractivity contribution in [3.8, 4) is 11.8 Å². The van der Waals surface area contributed by atoms with Gasteiger partial charge in [0.25, 0.3) is 0 Å². The van der Waals surface area contributed by atoms with E-state index in [1.54, 1.807) is 6.08 Å². The van der Waals surface area contributed by atoms with E-state index in [9.17, 15) is 10.2 Å². The average molecular weight is 252 g/mol. The minimum Gasteiger partial charge on any atom is -0.393 e. The second-order valence-corrected chi connectivity index (χ2v) is 5.96. The van der Waals surface area contributed by atoms with Gasteiger partial charge in [0.2, 0.25) is 0 Å². The monoisotopic (exact) mass is 252 g/mol. The Morgan fingerprint density at radius 2 is 2.06 bits per heavy atom. The highest BCUT2D eigenvalue weighted by Crippen LogP contribution is 2.46. The van der Waals surface area contributed by atoms with Gasteiger partial charge < -0.3 is 15.3 Å². The molecule has 1 saturated carbocycles. The van der Waals surface area contributed by atoms with E-state index in [0.29, 0.717) is 12.8 Å². The van der Waals surface area contributed by atoms with E-state index < -0.39 is 11.0 Å². The summed E-state index contributed by atoms with van der Waals surface area (Å²) in [4.78, 5) is 0. The Balaban J connectivity index is 3.05. The van der Waals surface area contributed by atoms with Gasteiger partial charge in [-0.1, -0.05) is 32.6 Å². The molecule has 0 amide bonds. The van der Waals surface area contributed by atoms with Crippen molar-refractivity contribution in [3.05, 3.63) is 11.6 Å². The summed E-state index contributed by atoms with van der Waals surface area (Å²) in [6.45, 7) is 7.56. The molecule has 0 aromatic heterocycles. The first-order valence-corrected chi connectivity index (χ1v) is 6.44. The van der Waals surface area contributed by atoms with Crippen molar-refractivity contribution in [1.29, 1.82) is 0 Å². The van der Waals surface area contributed by atoms with Crippen molar-refractivity contribution < 1.29 is 15.3 Å². The van der Waals surface area contributed by atoms with Gasteiger partial charge in [-0.15, -0.1) is 0 Å². The summed E-state index contributed by atoms with van der Waals surface area (Å²) in [5.74, 6) is 5.79. The molecule has 3 heteroatoms. The molecular weight excluding hydrogens is 228 g/mol. The predicted molar refractivity (Wildman–Crippen MR) is 71.8 cm³/mol.